The van der Waals surface area contributed by atoms with Gasteiger partial charge < -0.3 is 10.0 Å². The van der Waals surface area contributed by atoms with Crippen molar-refractivity contribution in [2.24, 2.45) is 0 Å². The normalized spacial score (nSPS) is 15.9. The van der Waals surface area contributed by atoms with Crippen LogP contribution in [0.4, 0.5) is 4.39 Å². The summed E-state index contributed by atoms with van der Waals surface area (Å²) in [5.74, 6) is -0.720. The van der Waals surface area contributed by atoms with Gasteiger partial charge in [-0.3, -0.25) is 9.48 Å². The maximum atomic E-state index is 14.4. The quantitative estimate of drug-likeness (QED) is 0.456. The van der Waals surface area contributed by atoms with E-state index in [0.29, 0.717) is 29.1 Å². The summed E-state index contributed by atoms with van der Waals surface area (Å²) in [5.41, 5.74) is 3.57. The number of carbonyl (C=O) groups excluding carboxylic acids is 1. The predicted molar refractivity (Wildman–Crippen MR) is 126 cm³/mol. The Labute approximate surface area is 204 Å². The van der Waals surface area contributed by atoms with E-state index < -0.39 is 12.4 Å². The van der Waals surface area contributed by atoms with Crippen molar-refractivity contribution in [3.8, 4) is 17.2 Å². The molecule has 1 N–H and O–H groups in total. The minimum absolute atomic E-state index is 0.00286. The standard InChI is InChI=1S/C24H22FN7O2S/c1-15-19(11-29-32(15)18-4-3-7-30(13-18)22(34)14-33)16-8-21(35-24-20(25)5-2-6-27-24)23-17(9-26)10-28-31(23)12-16/h2,5-6,8,10-12,18,33H,3-4,7,13-14H2,1H3/t18-/m0/s1. The highest BCUT2D eigenvalue weighted by molar-refractivity contribution is 7.99. The van der Waals surface area contributed by atoms with Crippen LogP contribution in [0.25, 0.3) is 16.6 Å². The molecule has 5 heterocycles. The predicted octanol–water partition coefficient (Wildman–Crippen LogP) is 3.22. The van der Waals surface area contributed by atoms with E-state index in [2.05, 4.69) is 21.3 Å². The van der Waals surface area contributed by atoms with Gasteiger partial charge in [-0.1, -0.05) is 11.8 Å². The number of aliphatic hydroxyl groups excluding tert-OH is 1. The van der Waals surface area contributed by atoms with Gasteiger partial charge in [0.25, 0.3) is 0 Å². The van der Waals surface area contributed by atoms with E-state index in [4.69, 9.17) is 0 Å². The molecule has 35 heavy (non-hydrogen) atoms. The Morgan fingerprint density at radius 2 is 2.23 bits per heavy atom. The molecule has 0 aromatic carbocycles. The molecular formula is C24H22FN7O2S. The topological polar surface area (TPSA) is 112 Å². The summed E-state index contributed by atoms with van der Waals surface area (Å²) < 4.78 is 17.9. The van der Waals surface area contributed by atoms with Crippen LogP contribution >= 0.6 is 11.8 Å². The number of hydrogen-bond donors (Lipinski definition) is 1. The van der Waals surface area contributed by atoms with Crippen LogP contribution in [0, 0.1) is 24.1 Å². The molecule has 178 valence electrons. The second-order valence-electron chi connectivity index (χ2n) is 8.33. The summed E-state index contributed by atoms with van der Waals surface area (Å²) in [7, 11) is 0. The lowest BCUT2D eigenvalue weighted by atomic mass is 10.0. The lowest BCUT2D eigenvalue weighted by molar-refractivity contribution is -0.135. The first-order valence-electron chi connectivity index (χ1n) is 11.1. The molecule has 5 rings (SSSR count). The first kappa shape index (κ1) is 23.0. The van der Waals surface area contributed by atoms with Crippen LogP contribution in [0.1, 0.15) is 30.1 Å². The summed E-state index contributed by atoms with van der Waals surface area (Å²) >= 11 is 1.14. The van der Waals surface area contributed by atoms with Crippen molar-refractivity contribution >= 4 is 23.2 Å². The van der Waals surface area contributed by atoms with Gasteiger partial charge in [0, 0.05) is 47.2 Å². The SMILES string of the molecule is Cc1c(-c2cc(Sc3ncccc3F)c3c(C#N)cnn3c2)cnn1[C@H]1CCCN(C(=O)CO)C1. The third kappa shape index (κ3) is 4.26. The molecule has 1 aliphatic heterocycles. The summed E-state index contributed by atoms with van der Waals surface area (Å²) in [4.78, 5) is 18.5. The zero-order valence-electron chi connectivity index (χ0n) is 18.9. The van der Waals surface area contributed by atoms with Gasteiger partial charge >= 0.3 is 0 Å². The molecule has 0 bridgehead atoms. The third-order valence-electron chi connectivity index (χ3n) is 6.21. The Kier molecular flexibility index (Phi) is 6.23. The molecule has 11 heteroatoms. The monoisotopic (exact) mass is 491 g/mol. The molecule has 9 nitrogen and oxygen atoms in total. The molecule has 1 amide bonds. The van der Waals surface area contributed by atoms with Crippen LogP contribution in [0.5, 0.6) is 0 Å². The largest absolute Gasteiger partial charge is 0.387 e. The number of rotatable bonds is 5. The number of fused-ring (bicyclic) bond motifs is 1. The first-order chi connectivity index (χ1) is 17.0. The van der Waals surface area contributed by atoms with E-state index in [-0.39, 0.29) is 17.0 Å². The third-order valence-corrected chi connectivity index (χ3v) is 7.24. The molecule has 0 unspecified atom stereocenters. The van der Waals surface area contributed by atoms with Crippen molar-refractivity contribution in [1.29, 1.82) is 5.26 Å². The number of carbonyl (C=O) groups is 1. The van der Waals surface area contributed by atoms with Crippen molar-refractivity contribution < 1.29 is 14.3 Å². The van der Waals surface area contributed by atoms with E-state index in [1.54, 1.807) is 15.6 Å². The Hall–Kier alpha value is -3.75. The number of pyridine rings is 2. The number of aromatic nitrogens is 5. The molecule has 0 aliphatic carbocycles. The molecule has 0 saturated carbocycles. The van der Waals surface area contributed by atoms with Crippen LogP contribution in [0.3, 0.4) is 0 Å². The smallest absolute Gasteiger partial charge is 0.248 e. The number of piperidine rings is 1. The number of amides is 1. The zero-order chi connectivity index (χ0) is 24.5. The van der Waals surface area contributed by atoms with Crippen LogP contribution in [0.15, 0.2) is 52.9 Å². The van der Waals surface area contributed by atoms with Gasteiger partial charge in [-0.2, -0.15) is 15.5 Å². The highest BCUT2D eigenvalue weighted by Gasteiger charge is 2.27. The van der Waals surface area contributed by atoms with Crippen molar-refractivity contribution in [1.82, 2.24) is 29.3 Å². The molecule has 0 radical (unpaired) electrons. The maximum Gasteiger partial charge on any atom is 0.248 e. The Morgan fingerprint density at radius 3 is 3.00 bits per heavy atom. The second-order valence-corrected chi connectivity index (χ2v) is 9.36. The van der Waals surface area contributed by atoms with E-state index >= 15 is 0 Å². The number of hydrogen-bond acceptors (Lipinski definition) is 7. The maximum absolute atomic E-state index is 14.4. The lowest BCUT2D eigenvalue weighted by Gasteiger charge is -2.33. The van der Waals surface area contributed by atoms with Gasteiger partial charge in [0.05, 0.1) is 29.5 Å². The Balaban J connectivity index is 1.55. The lowest BCUT2D eigenvalue weighted by Crippen LogP contribution is -2.42. The van der Waals surface area contributed by atoms with E-state index in [1.807, 2.05) is 23.9 Å². The van der Waals surface area contributed by atoms with Crippen molar-refractivity contribution in [2.45, 2.75) is 35.7 Å². The van der Waals surface area contributed by atoms with Crippen molar-refractivity contribution in [2.75, 3.05) is 19.7 Å². The molecule has 1 fully saturated rings. The van der Waals surface area contributed by atoms with Crippen LogP contribution in [0.2, 0.25) is 0 Å². The minimum atomic E-state index is -0.498. The fourth-order valence-corrected chi connectivity index (χ4v) is 5.47. The molecule has 4 aromatic rings. The molecule has 1 atom stereocenters. The van der Waals surface area contributed by atoms with Gasteiger partial charge in [0.15, 0.2) is 5.82 Å². The van der Waals surface area contributed by atoms with E-state index in [1.165, 1.54) is 24.5 Å². The van der Waals surface area contributed by atoms with Gasteiger partial charge in [0.1, 0.15) is 17.7 Å². The highest BCUT2D eigenvalue weighted by atomic mass is 32.2. The highest BCUT2D eigenvalue weighted by Crippen LogP contribution is 2.37. The Morgan fingerprint density at radius 1 is 1.37 bits per heavy atom. The molecule has 4 aromatic heterocycles. The zero-order valence-corrected chi connectivity index (χ0v) is 19.7. The van der Waals surface area contributed by atoms with Gasteiger partial charge in [0.2, 0.25) is 5.91 Å². The summed E-state index contributed by atoms with van der Waals surface area (Å²) in [6.07, 6.45) is 8.32. The average molecular weight is 492 g/mol. The number of aliphatic hydroxyl groups is 1. The van der Waals surface area contributed by atoms with E-state index in [9.17, 15) is 19.6 Å². The van der Waals surface area contributed by atoms with Crippen LogP contribution < -0.4 is 0 Å². The summed E-state index contributed by atoms with van der Waals surface area (Å²) in [6.45, 7) is 2.59. The van der Waals surface area contributed by atoms with Gasteiger partial charge in [-0.25, -0.2) is 13.9 Å². The molecular weight excluding hydrogens is 469 g/mol. The summed E-state index contributed by atoms with van der Waals surface area (Å²) in [5, 5.41) is 28.0. The number of likely N-dealkylation sites (tertiary alicyclic amines) is 1. The van der Waals surface area contributed by atoms with Gasteiger partial charge in [-0.05, 0) is 38.0 Å². The second kappa shape index (κ2) is 9.48. The van der Waals surface area contributed by atoms with E-state index in [0.717, 1.165) is 41.4 Å². The van der Waals surface area contributed by atoms with Crippen molar-refractivity contribution in [3.05, 3.63) is 60.1 Å². The number of nitriles is 1. The average Bonchev–Trinajstić information content (AvgIpc) is 3.48. The fraction of sp³-hybridized carbons (Fsp3) is 0.292. The Bertz CT molecular complexity index is 1460. The van der Waals surface area contributed by atoms with Crippen LogP contribution in [-0.4, -0.2) is 60.0 Å². The van der Waals surface area contributed by atoms with Crippen LogP contribution in [-0.2, 0) is 4.79 Å². The molecule has 0 spiro atoms. The first-order valence-corrected chi connectivity index (χ1v) is 11.9. The van der Waals surface area contributed by atoms with Crippen molar-refractivity contribution in [3.63, 3.8) is 0 Å². The number of halogens is 1. The van der Waals surface area contributed by atoms with Gasteiger partial charge in [-0.15, -0.1) is 0 Å². The number of nitrogens with zero attached hydrogens (tertiary/aromatic N) is 7. The molecule has 1 aliphatic rings. The minimum Gasteiger partial charge on any atom is -0.387 e. The molecule has 1 saturated heterocycles. The summed E-state index contributed by atoms with van der Waals surface area (Å²) in [6, 6.07) is 6.93. The fourth-order valence-electron chi connectivity index (χ4n) is 4.50.